The highest BCUT2D eigenvalue weighted by molar-refractivity contribution is 5.83. The summed E-state index contributed by atoms with van der Waals surface area (Å²) >= 11 is 0. The first-order valence-corrected chi connectivity index (χ1v) is 9.28. The van der Waals surface area contributed by atoms with E-state index in [0.717, 1.165) is 17.7 Å². The van der Waals surface area contributed by atoms with Crippen LogP contribution in [-0.2, 0) is 0 Å². The van der Waals surface area contributed by atoms with E-state index in [1.807, 2.05) is 24.3 Å². The molecular formula is C22H20N4O2. The highest BCUT2D eigenvalue weighted by atomic mass is 16.5. The average Bonchev–Trinajstić information content (AvgIpc) is 3.43. The van der Waals surface area contributed by atoms with Gasteiger partial charge in [-0.25, -0.2) is 10.9 Å². The molecule has 4 aromatic rings. The molecule has 0 radical (unpaired) electrons. The summed E-state index contributed by atoms with van der Waals surface area (Å²) in [6.07, 6.45) is 0.836. The minimum Gasteiger partial charge on any atom is -0.497 e. The maximum Gasteiger partial charge on any atom is 0.245 e. The van der Waals surface area contributed by atoms with Crippen LogP contribution in [0.1, 0.15) is 30.0 Å². The van der Waals surface area contributed by atoms with Gasteiger partial charge >= 0.3 is 0 Å². The van der Waals surface area contributed by atoms with Crippen molar-refractivity contribution in [2.45, 2.75) is 18.5 Å². The van der Waals surface area contributed by atoms with Gasteiger partial charge in [-0.15, -0.1) is 0 Å². The molecule has 0 spiro atoms. The summed E-state index contributed by atoms with van der Waals surface area (Å²) in [7, 11) is 1.65. The number of hydrogen-bond donors (Lipinski definition) is 2. The van der Waals surface area contributed by atoms with Crippen LogP contribution in [-0.4, -0.2) is 17.3 Å². The Hall–Kier alpha value is -3.22. The lowest BCUT2D eigenvalue weighted by atomic mass is 9.99. The first-order chi connectivity index (χ1) is 13.8. The lowest BCUT2D eigenvalue weighted by molar-refractivity contribution is 0.340. The van der Waals surface area contributed by atoms with Crippen LogP contribution in [0.25, 0.3) is 22.2 Å². The molecule has 1 aromatic heterocycles. The zero-order chi connectivity index (χ0) is 18.9. The van der Waals surface area contributed by atoms with Gasteiger partial charge in [-0.2, -0.15) is 4.98 Å². The number of aromatic nitrogens is 2. The third kappa shape index (κ3) is 3.13. The molecule has 0 saturated carbocycles. The molecule has 1 aliphatic heterocycles. The van der Waals surface area contributed by atoms with Gasteiger partial charge in [0.25, 0.3) is 0 Å². The van der Waals surface area contributed by atoms with E-state index in [1.165, 1.54) is 16.3 Å². The van der Waals surface area contributed by atoms with Gasteiger partial charge in [0.15, 0.2) is 0 Å². The monoisotopic (exact) mass is 372 g/mol. The summed E-state index contributed by atoms with van der Waals surface area (Å²) in [5, 5.41) is 6.62. The lowest BCUT2D eigenvalue weighted by Crippen LogP contribution is -2.26. The van der Waals surface area contributed by atoms with Gasteiger partial charge in [0.05, 0.1) is 7.11 Å². The third-order valence-electron chi connectivity index (χ3n) is 5.17. The topological polar surface area (TPSA) is 72.2 Å². The van der Waals surface area contributed by atoms with Crippen LogP contribution in [0.3, 0.4) is 0 Å². The van der Waals surface area contributed by atoms with Gasteiger partial charge < -0.3 is 9.26 Å². The molecule has 28 heavy (non-hydrogen) atoms. The Balaban J connectivity index is 1.33. The van der Waals surface area contributed by atoms with Crippen LogP contribution in [0.4, 0.5) is 0 Å². The summed E-state index contributed by atoms with van der Waals surface area (Å²) in [5.74, 6) is 1.96. The minimum absolute atomic E-state index is 0.0315. The molecule has 1 fully saturated rings. The number of hydrazine groups is 1. The van der Waals surface area contributed by atoms with E-state index in [9.17, 15) is 0 Å². The Morgan fingerprint density at radius 3 is 2.54 bits per heavy atom. The predicted molar refractivity (Wildman–Crippen MR) is 107 cm³/mol. The lowest BCUT2D eigenvalue weighted by Gasteiger charge is -2.10. The fourth-order valence-electron chi connectivity index (χ4n) is 3.60. The normalized spacial score (nSPS) is 19.2. The average molecular weight is 372 g/mol. The molecule has 2 N–H and O–H groups in total. The van der Waals surface area contributed by atoms with Gasteiger partial charge in [-0.3, -0.25) is 0 Å². The third-order valence-corrected chi connectivity index (χ3v) is 5.17. The molecular weight excluding hydrogens is 352 g/mol. The molecule has 6 nitrogen and oxygen atoms in total. The summed E-state index contributed by atoms with van der Waals surface area (Å²) in [4.78, 5) is 4.57. The Morgan fingerprint density at radius 1 is 0.929 bits per heavy atom. The first-order valence-electron chi connectivity index (χ1n) is 9.28. The van der Waals surface area contributed by atoms with Crippen molar-refractivity contribution in [3.05, 3.63) is 78.2 Å². The van der Waals surface area contributed by atoms with Crippen molar-refractivity contribution in [1.29, 1.82) is 0 Å². The molecule has 6 heteroatoms. The van der Waals surface area contributed by atoms with Crippen LogP contribution in [0, 0.1) is 0 Å². The van der Waals surface area contributed by atoms with Crippen molar-refractivity contribution in [3.8, 4) is 17.1 Å². The molecule has 0 bridgehead atoms. The fourth-order valence-corrected chi connectivity index (χ4v) is 3.60. The summed E-state index contributed by atoms with van der Waals surface area (Å²) in [5.41, 5.74) is 8.78. The second-order valence-electron chi connectivity index (χ2n) is 6.92. The zero-order valence-corrected chi connectivity index (χ0v) is 15.4. The molecule has 1 aliphatic rings. The maximum atomic E-state index is 5.52. The summed E-state index contributed by atoms with van der Waals surface area (Å²) < 4.78 is 10.7. The van der Waals surface area contributed by atoms with E-state index in [-0.39, 0.29) is 12.1 Å². The number of ether oxygens (including phenoxy) is 1. The Kier molecular flexibility index (Phi) is 4.27. The van der Waals surface area contributed by atoms with Gasteiger partial charge in [0.2, 0.25) is 11.7 Å². The molecule has 2 unspecified atom stereocenters. The second-order valence-corrected chi connectivity index (χ2v) is 6.92. The van der Waals surface area contributed by atoms with E-state index < -0.39 is 0 Å². The molecule has 0 amide bonds. The van der Waals surface area contributed by atoms with Gasteiger partial charge in [0, 0.05) is 11.6 Å². The van der Waals surface area contributed by atoms with Crippen LogP contribution >= 0.6 is 0 Å². The molecule has 5 rings (SSSR count). The van der Waals surface area contributed by atoms with Crippen LogP contribution in [0.15, 0.2) is 71.3 Å². The van der Waals surface area contributed by atoms with Crippen molar-refractivity contribution in [2.24, 2.45) is 0 Å². The van der Waals surface area contributed by atoms with Crippen LogP contribution in [0.2, 0.25) is 0 Å². The summed E-state index contributed by atoms with van der Waals surface area (Å²) in [6.45, 7) is 0. The largest absolute Gasteiger partial charge is 0.497 e. The fraction of sp³-hybridized carbons (Fsp3) is 0.182. The van der Waals surface area contributed by atoms with Crippen molar-refractivity contribution in [1.82, 2.24) is 21.0 Å². The standard InChI is InChI=1S/C22H20N4O2/c1-27-18-10-8-15(9-11-18)21-23-22(28-26-21)20-13-19(24-25-20)17-7-6-14-4-2-3-5-16(14)12-17/h2-12,19-20,24-25H,13H2,1H3. The molecule has 2 atom stereocenters. The number of fused-ring (bicyclic) bond motifs is 1. The molecule has 2 heterocycles. The molecule has 140 valence electrons. The van der Waals surface area contributed by atoms with Crippen molar-refractivity contribution in [3.63, 3.8) is 0 Å². The zero-order valence-electron chi connectivity index (χ0n) is 15.4. The minimum atomic E-state index is -0.0315. The van der Waals surface area contributed by atoms with E-state index >= 15 is 0 Å². The van der Waals surface area contributed by atoms with Gasteiger partial charge in [-0.05, 0) is 53.1 Å². The number of hydrogen-bond acceptors (Lipinski definition) is 6. The molecule has 0 aliphatic carbocycles. The van der Waals surface area contributed by atoms with Gasteiger partial charge in [0.1, 0.15) is 11.8 Å². The van der Waals surface area contributed by atoms with Crippen molar-refractivity contribution < 1.29 is 9.26 Å². The van der Waals surface area contributed by atoms with Crippen molar-refractivity contribution in [2.75, 3.05) is 7.11 Å². The van der Waals surface area contributed by atoms with Crippen LogP contribution < -0.4 is 15.6 Å². The number of nitrogens with zero attached hydrogens (tertiary/aromatic N) is 2. The smallest absolute Gasteiger partial charge is 0.245 e. The van der Waals surface area contributed by atoms with Crippen molar-refractivity contribution >= 4 is 10.8 Å². The number of benzene rings is 3. The SMILES string of the molecule is COc1ccc(-c2noc(C3CC(c4ccc5ccccc5c4)NN3)n2)cc1. The van der Waals surface area contributed by atoms with Gasteiger partial charge in [-0.1, -0.05) is 41.6 Å². The summed E-state index contributed by atoms with van der Waals surface area (Å²) in [6, 6.07) is 22.7. The first kappa shape index (κ1) is 16.9. The van der Waals surface area contributed by atoms with E-state index in [0.29, 0.717) is 11.7 Å². The molecule has 1 saturated heterocycles. The number of rotatable bonds is 4. The van der Waals surface area contributed by atoms with E-state index in [2.05, 4.69) is 63.5 Å². The Morgan fingerprint density at radius 2 is 1.71 bits per heavy atom. The maximum absolute atomic E-state index is 5.52. The predicted octanol–water partition coefficient (Wildman–Crippen LogP) is 4.18. The second kappa shape index (κ2) is 7.07. The highest BCUT2D eigenvalue weighted by Gasteiger charge is 2.30. The quantitative estimate of drug-likeness (QED) is 0.560. The molecule has 3 aromatic carbocycles. The van der Waals surface area contributed by atoms with Crippen LogP contribution in [0.5, 0.6) is 5.75 Å². The van der Waals surface area contributed by atoms with E-state index in [4.69, 9.17) is 9.26 Å². The Labute approximate surface area is 162 Å². The Bertz CT molecular complexity index is 1110. The highest BCUT2D eigenvalue weighted by Crippen LogP contribution is 2.32. The number of nitrogens with one attached hydrogen (secondary N) is 2. The van der Waals surface area contributed by atoms with E-state index in [1.54, 1.807) is 7.11 Å². The number of methoxy groups -OCH3 is 1.